The predicted octanol–water partition coefficient (Wildman–Crippen LogP) is 3.05. The number of aromatic nitrogens is 1. The van der Waals surface area contributed by atoms with Crippen molar-refractivity contribution >= 4 is 29.0 Å². The molecule has 1 aromatic heterocycles. The molecule has 4 nitrogen and oxygen atoms in total. The largest absolute Gasteiger partial charge is 0.377 e. The van der Waals surface area contributed by atoms with Crippen molar-refractivity contribution in [3.63, 3.8) is 0 Å². The molecule has 3 fully saturated rings. The van der Waals surface area contributed by atoms with Crippen molar-refractivity contribution < 1.29 is 9.53 Å². The minimum atomic E-state index is 0.0859. The maximum Gasteiger partial charge on any atom is 0.273 e. The highest BCUT2D eigenvalue weighted by Gasteiger charge is 2.51. The first-order valence-electron chi connectivity index (χ1n) is 8.17. The van der Waals surface area contributed by atoms with Crippen molar-refractivity contribution in [3.8, 4) is 0 Å². The first kappa shape index (κ1) is 15.0. The molecule has 4 rings (SSSR count). The number of carbonyl (C=O) groups is 1. The van der Waals surface area contributed by atoms with Gasteiger partial charge in [-0.05, 0) is 25.2 Å². The number of carbonyl (C=O) groups excluding carboxylic acids is 1. The van der Waals surface area contributed by atoms with Crippen molar-refractivity contribution in [3.05, 3.63) is 16.6 Å². The van der Waals surface area contributed by atoms with Crippen LogP contribution in [0.15, 0.2) is 10.9 Å². The van der Waals surface area contributed by atoms with E-state index in [0.717, 1.165) is 37.8 Å². The van der Waals surface area contributed by atoms with E-state index in [0.29, 0.717) is 11.8 Å². The van der Waals surface area contributed by atoms with Gasteiger partial charge in [0.2, 0.25) is 0 Å². The number of hydrogen-bond donors (Lipinski definition) is 0. The van der Waals surface area contributed by atoms with Crippen molar-refractivity contribution in [1.82, 2.24) is 9.88 Å². The Bertz CT molecular complexity index is 522. The quantitative estimate of drug-likeness (QED) is 0.846. The molecule has 0 aromatic carbocycles. The highest BCUT2D eigenvalue weighted by molar-refractivity contribution is 8.01. The molecule has 2 aliphatic heterocycles. The SMILES string of the molecule is O=C(c1cscn1)N1CC2(C[C@H](OCC3CCCC3)CS2)C1. The fourth-order valence-electron chi connectivity index (χ4n) is 3.85. The lowest BCUT2D eigenvalue weighted by Gasteiger charge is -2.47. The molecule has 0 radical (unpaired) electrons. The van der Waals surface area contributed by atoms with Gasteiger partial charge in [0.15, 0.2) is 0 Å². The van der Waals surface area contributed by atoms with Crippen LogP contribution in [-0.4, -0.2) is 52.1 Å². The van der Waals surface area contributed by atoms with Gasteiger partial charge >= 0.3 is 0 Å². The van der Waals surface area contributed by atoms with Crippen LogP contribution in [0.3, 0.4) is 0 Å². The average molecular weight is 338 g/mol. The molecule has 1 aromatic rings. The Kier molecular flexibility index (Phi) is 4.17. The zero-order valence-electron chi connectivity index (χ0n) is 12.7. The number of hydrogen-bond acceptors (Lipinski definition) is 5. The van der Waals surface area contributed by atoms with Gasteiger partial charge < -0.3 is 9.64 Å². The Labute approximate surface area is 139 Å². The molecular formula is C16H22N2O2S2. The molecule has 6 heteroatoms. The van der Waals surface area contributed by atoms with E-state index in [-0.39, 0.29) is 10.7 Å². The second kappa shape index (κ2) is 6.13. The first-order valence-corrected chi connectivity index (χ1v) is 10.1. The summed E-state index contributed by atoms with van der Waals surface area (Å²) in [7, 11) is 0. The van der Waals surface area contributed by atoms with Crippen LogP contribution in [0.1, 0.15) is 42.6 Å². The number of ether oxygens (including phenoxy) is 1. The molecule has 1 aliphatic carbocycles. The molecule has 0 unspecified atom stereocenters. The first-order chi connectivity index (χ1) is 10.7. The summed E-state index contributed by atoms with van der Waals surface area (Å²) in [5.74, 6) is 1.97. The fourth-order valence-corrected chi connectivity index (χ4v) is 5.93. The Balaban J connectivity index is 1.24. The highest BCUT2D eigenvalue weighted by Crippen LogP contribution is 2.46. The van der Waals surface area contributed by atoms with Crippen molar-refractivity contribution in [2.24, 2.45) is 5.92 Å². The number of amides is 1. The lowest BCUT2D eigenvalue weighted by molar-refractivity contribution is 0.0196. The summed E-state index contributed by atoms with van der Waals surface area (Å²) >= 11 is 3.48. The van der Waals surface area contributed by atoms with Gasteiger partial charge in [0, 0.05) is 30.8 Å². The van der Waals surface area contributed by atoms with Crippen LogP contribution >= 0.6 is 23.1 Å². The molecule has 3 aliphatic rings. The molecule has 0 N–H and O–H groups in total. The summed E-state index contributed by atoms with van der Waals surface area (Å²) in [6.07, 6.45) is 6.95. The molecule has 1 saturated carbocycles. The summed E-state index contributed by atoms with van der Waals surface area (Å²) < 4.78 is 6.41. The minimum absolute atomic E-state index is 0.0859. The molecule has 3 heterocycles. The molecule has 22 heavy (non-hydrogen) atoms. The number of likely N-dealkylation sites (tertiary alicyclic amines) is 1. The maximum absolute atomic E-state index is 12.2. The molecular weight excluding hydrogens is 316 g/mol. The van der Waals surface area contributed by atoms with Crippen molar-refractivity contribution in [1.29, 1.82) is 0 Å². The van der Waals surface area contributed by atoms with Gasteiger partial charge in [-0.15, -0.1) is 23.1 Å². The van der Waals surface area contributed by atoms with Gasteiger partial charge in [0.05, 0.1) is 16.4 Å². The number of rotatable bonds is 4. The van der Waals surface area contributed by atoms with E-state index in [1.165, 1.54) is 37.0 Å². The van der Waals surface area contributed by atoms with E-state index >= 15 is 0 Å². The zero-order valence-corrected chi connectivity index (χ0v) is 14.3. The third kappa shape index (κ3) is 2.93. The normalized spacial score (nSPS) is 27.5. The fraction of sp³-hybridized carbons (Fsp3) is 0.750. The molecule has 1 amide bonds. The number of thioether (sulfide) groups is 1. The Hall–Kier alpha value is -0.590. The van der Waals surface area contributed by atoms with E-state index < -0.39 is 0 Å². The topological polar surface area (TPSA) is 42.4 Å². The van der Waals surface area contributed by atoms with Crippen LogP contribution in [-0.2, 0) is 4.74 Å². The monoisotopic (exact) mass is 338 g/mol. The van der Waals surface area contributed by atoms with Crippen LogP contribution in [0.2, 0.25) is 0 Å². The van der Waals surface area contributed by atoms with Crippen LogP contribution in [0.5, 0.6) is 0 Å². The average Bonchev–Trinajstić information content (AvgIpc) is 3.21. The van der Waals surface area contributed by atoms with Crippen LogP contribution < -0.4 is 0 Å². The Morgan fingerprint density at radius 3 is 2.95 bits per heavy atom. The van der Waals surface area contributed by atoms with E-state index in [1.807, 2.05) is 22.0 Å². The Morgan fingerprint density at radius 2 is 2.23 bits per heavy atom. The third-order valence-electron chi connectivity index (χ3n) is 5.11. The van der Waals surface area contributed by atoms with Gasteiger partial charge in [-0.25, -0.2) is 4.98 Å². The number of nitrogens with zero attached hydrogens (tertiary/aromatic N) is 2. The standard InChI is InChI=1S/C16H22N2O2S2/c19-15(14-8-21-11-17-14)18-9-16(10-18)5-13(7-22-16)20-6-12-3-1-2-4-12/h8,11-13H,1-7,9-10H2/t13-/m0/s1. The highest BCUT2D eigenvalue weighted by atomic mass is 32.2. The van der Waals surface area contributed by atoms with Crippen LogP contribution in [0.4, 0.5) is 0 Å². The lowest BCUT2D eigenvalue weighted by atomic mass is 9.92. The van der Waals surface area contributed by atoms with Crippen molar-refractivity contribution in [2.75, 3.05) is 25.4 Å². The summed E-state index contributed by atoms with van der Waals surface area (Å²) in [5.41, 5.74) is 2.32. The zero-order chi connectivity index (χ0) is 15.0. The molecule has 1 spiro atoms. The van der Waals surface area contributed by atoms with Gasteiger partial charge in [-0.1, -0.05) is 12.8 Å². The van der Waals surface area contributed by atoms with Crippen LogP contribution in [0.25, 0.3) is 0 Å². The van der Waals surface area contributed by atoms with Gasteiger partial charge in [0.25, 0.3) is 5.91 Å². The van der Waals surface area contributed by atoms with Gasteiger partial charge in [0.1, 0.15) is 5.69 Å². The predicted molar refractivity (Wildman–Crippen MR) is 89.5 cm³/mol. The van der Waals surface area contributed by atoms with Crippen LogP contribution in [0, 0.1) is 5.92 Å². The van der Waals surface area contributed by atoms with Gasteiger partial charge in [-0.2, -0.15) is 0 Å². The minimum Gasteiger partial charge on any atom is -0.377 e. The molecule has 0 bridgehead atoms. The summed E-state index contributed by atoms with van der Waals surface area (Å²) in [6.45, 7) is 2.66. The summed E-state index contributed by atoms with van der Waals surface area (Å²) in [5, 5.41) is 1.84. The summed E-state index contributed by atoms with van der Waals surface area (Å²) in [6, 6.07) is 0. The van der Waals surface area contributed by atoms with E-state index in [4.69, 9.17) is 4.74 Å². The lowest BCUT2D eigenvalue weighted by Crippen LogP contribution is -2.60. The van der Waals surface area contributed by atoms with E-state index in [9.17, 15) is 4.79 Å². The third-order valence-corrected chi connectivity index (χ3v) is 7.28. The van der Waals surface area contributed by atoms with Gasteiger partial charge in [-0.3, -0.25) is 4.79 Å². The molecule has 120 valence electrons. The summed E-state index contributed by atoms with van der Waals surface area (Å²) in [4.78, 5) is 18.3. The second-order valence-corrected chi connectivity index (χ2v) is 9.05. The second-order valence-electron chi connectivity index (χ2n) is 6.84. The van der Waals surface area contributed by atoms with E-state index in [1.54, 1.807) is 5.51 Å². The van der Waals surface area contributed by atoms with E-state index in [2.05, 4.69) is 4.98 Å². The number of thiazole rings is 1. The Morgan fingerprint density at radius 1 is 1.41 bits per heavy atom. The van der Waals surface area contributed by atoms with Crippen molar-refractivity contribution in [2.45, 2.75) is 43.0 Å². The molecule has 2 saturated heterocycles. The maximum atomic E-state index is 12.2. The smallest absolute Gasteiger partial charge is 0.273 e. The molecule has 1 atom stereocenters.